The van der Waals surface area contributed by atoms with E-state index in [0.29, 0.717) is 5.82 Å². The van der Waals surface area contributed by atoms with Crippen molar-refractivity contribution in [3.63, 3.8) is 0 Å². The third kappa shape index (κ3) is 1.51. The highest BCUT2D eigenvalue weighted by Gasteiger charge is 2.44. The van der Waals surface area contributed by atoms with E-state index in [-0.39, 0.29) is 13.1 Å². The van der Waals surface area contributed by atoms with E-state index in [1.54, 1.807) is 11.8 Å². The fourth-order valence-electron chi connectivity index (χ4n) is 1.29. The first-order valence-corrected chi connectivity index (χ1v) is 4.75. The molecule has 72 valence electrons. The summed E-state index contributed by atoms with van der Waals surface area (Å²) in [6, 6.07) is 0. The van der Waals surface area contributed by atoms with Crippen LogP contribution in [0.15, 0.2) is 0 Å². The van der Waals surface area contributed by atoms with Gasteiger partial charge in [0.1, 0.15) is 5.82 Å². The van der Waals surface area contributed by atoms with E-state index in [4.69, 9.17) is 5.11 Å². The molecule has 1 aliphatic heterocycles. The van der Waals surface area contributed by atoms with E-state index in [0.717, 1.165) is 5.13 Å². The lowest BCUT2D eigenvalue weighted by molar-refractivity contribution is 0.0444. The van der Waals surface area contributed by atoms with Crippen LogP contribution >= 0.6 is 11.5 Å². The summed E-state index contributed by atoms with van der Waals surface area (Å²) in [6.45, 7) is 1.83. The Morgan fingerprint density at radius 3 is 2.85 bits per heavy atom. The molecule has 0 spiro atoms. The van der Waals surface area contributed by atoms with Gasteiger partial charge < -0.3 is 10.0 Å². The molecule has 0 bridgehead atoms. The summed E-state index contributed by atoms with van der Waals surface area (Å²) in [4.78, 5) is 5.90. The Bertz CT molecular complexity index is 310. The standard InChI is InChI=1S/C7H10FN3OS/c1-5-9-6(13-10-5)11-2-7(8,3-11)4-12/h12H,2-4H2,1H3. The maximum atomic E-state index is 13.2. The van der Waals surface area contributed by atoms with Gasteiger partial charge in [-0.25, -0.2) is 9.37 Å². The van der Waals surface area contributed by atoms with Gasteiger partial charge >= 0.3 is 0 Å². The number of aromatic nitrogens is 2. The highest BCUT2D eigenvalue weighted by atomic mass is 32.1. The molecule has 0 unspecified atom stereocenters. The average Bonchev–Trinajstić information content (AvgIpc) is 2.46. The average molecular weight is 203 g/mol. The van der Waals surface area contributed by atoms with Crippen molar-refractivity contribution in [3.8, 4) is 0 Å². The number of aliphatic hydroxyl groups excluding tert-OH is 1. The molecule has 0 amide bonds. The van der Waals surface area contributed by atoms with Gasteiger partial charge in [0.15, 0.2) is 5.67 Å². The lowest BCUT2D eigenvalue weighted by Crippen LogP contribution is -2.61. The number of rotatable bonds is 2. The van der Waals surface area contributed by atoms with E-state index in [2.05, 4.69) is 9.36 Å². The van der Waals surface area contributed by atoms with Crippen molar-refractivity contribution in [1.82, 2.24) is 9.36 Å². The maximum absolute atomic E-state index is 13.2. The summed E-state index contributed by atoms with van der Waals surface area (Å²) in [6.07, 6.45) is 0. The van der Waals surface area contributed by atoms with Crippen LogP contribution in [0.1, 0.15) is 5.82 Å². The van der Waals surface area contributed by atoms with Crippen molar-refractivity contribution in [2.45, 2.75) is 12.6 Å². The normalized spacial score (nSPS) is 20.1. The van der Waals surface area contributed by atoms with E-state index in [1.807, 2.05) is 0 Å². The predicted molar refractivity (Wildman–Crippen MR) is 47.8 cm³/mol. The van der Waals surface area contributed by atoms with Gasteiger partial charge in [0, 0.05) is 11.5 Å². The third-order valence-electron chi connectivity index (χ3n) is 2.02. The minimum Gasteiger partial charge on any atom is -0.393 e. The van der Waals surface area contributed by atoms with Crippen LogP contribution in [0.4, 0.5) is 9.52 Å². The van der Waals surface area contributed by atoms with Crippen LogP contribution in [0.3, 0.4) is 0 Å². The van der Waals surface area contributed by atoms with Gasteiger partial charge in [-0.1, -0.05) is 0 Å². The molecule has 0 radical (unpaired) electrons. The summed E-state index contributed by atoms with van der Waals surface area (Å²) < 4.78 is 17.2. The Kier molecular flexibility index (Phi) is 1.96. The molecule has 1 aromatic heterocycles. The van der Waals surface area contributed by atoms with E-state index < -0.39 is 12.3 Å². The van der Waals surface area contributed by atoms with Crippen LogP contribution in [-0.4, -0.2) is 39.8 Å². The van der Waals surface area contributed by atoms with Crippen molar-refractivity contribution in [3.05, 3.63) is 5.82 Å². The van der Waals surface area contributed by atoms with Crippen LogP contribution in [0, 0.1) is 6.92 Å². The van der Waals surface area contributed by atoms with Crippen LogP contribution in [0.5, 0.6) is 0 Å². The molecule has 1 N–H and O–H groups in total. The highest BCUT2D eigenvalue weighted by Crippen LogP contribution is 2.30. The molecule has 1 fully saturated rings. The summed E-state index contributed by atoms with van der Waals surface area (Å²) in [5.41, 5.74) is -1.43. The number of nitrogens with zero attached hydrogens (tertiary/aromatic N) is 3. The molecule has 1 saturated heterocycles. The van der Waals surface area contributed by atoms with Crippen LogP contribution in [-0.2, 0) is 0 Å². The zero-order valence-corrected chi connectivity index (χ0v) is 8.01. The smallest absolute Gasteiger partial charge is 0.205 e. The van der Waals surface area contributed by atoms with Crippen molar-refractivity contribution < 1.29 is 9.50 Å². The number of anilines is 1. The van der Waals surface area contributed by atoms with Gasteiger partial charge in [0.05, 0.1) is 19.7 Å². The first-order valence-electron chi connectivity index (χ1n) is 3.98. The molecule has 13 heavy (non-hydrogen) atoms. The number of hydrogen-bond acceptors (Lipinski definition) is 5. The minimum absolute atomic E-state index is 0.220. The lowest BCUT2D eigenvalue weighted by atomic mass is 9.99. The molecule has 1 aliphatic rings. The van der Waals surface area contributed by atoms with E-state index in [9.17, 15) is 4.39 Å². The Morgan fingerprint density at radius 1 is 1.69 bits per heavy atom. The lowest BCUT2D eigenvalue weighted by Gasteiger charge is -2.42. The summed E-state index contributed by atoms with van der Waals surface area (Å²) in [5, 5.41) is 9.42. The van der Waals surface area contributed by atoms with Gasteiger partial charge in [0.25, 0.3) is 0 Å². The van der Waals surface area contributed by atoms with Gasteiger partial charge in [-0.05, 0) is 6.92 Å². The zero-order chi connectivity index (χ0) is 9.47. The SMILES string of the molecule is Cc1nsc(N2CC(F)(CO)C2)n1. The number of hydrogen-bond donors (Lipinski definition) is 1. The predicted octanol–water partition coefficient (Wildman–Crippen LogP) is 0.367. The Morgan fingerprint density at radius 2 is 2.38 bits per heavy atom. The third-order valence-corrected chi connectivity index (χ3v) is 2.89. The van der Waals surface area contributed by atoms with Crippen molar-refractivity contribution in [1.29, 1.82) is 0 Å². The van der Waals surface area contributed by atoms with Gasteiger partial charge in [-0.2, -0.15) is 4.37 Å². The second kappa shape index (κ2) is 2.88. The molecular formula is C7H10FN3OS. The molecule has 0 aromatic carbocycles. The molecule has 0 atom stereocenters. The summed E-state index contributed by atoms with van der Waals surface area (Å²) in [5.74, 6) is 0.709. The van der Waals surface area contributed by atoms with E-state index >= 15 is 0 Å². The Labute approximate surface area is 79.2 Å². The fraction of sp³-hybridized carbons (Fsp3) is 0.714. The molecule has 0 saturated carbocycles. The van der Waals surface area contributed by atoms with Crippen LogP contribution in [0.25, 0.3) is 0 Å². The topological polar surface area (TPSA) is 49.2 Å². The number of halogens is 1. The van der Waals surface area contributed by atoms with Gasteiger partial charge in [-0.3, -0.25) is 0 Å². The maximum Gasteiger partial charge on any atom is 0.205 e. The number of aliphatic hydroxyl groups is 1. The Balaban J connectivity index is 2.01. The fourth-order valence-corrected chi connectivity index (χ4v) is 1.96. The largest absolute Gasteiger partial charge is 0.393 e. The molecule has 2 heterocycles. The minimum atomic E-state index is -1.43. The monoisotopic (exact) mass is 203 g/mol. The van der Waals surface area contributed by atoms with Crippen molar-refractivity contribution >= 4 is 16.7 Å². The first-order chi connectivity index (χ1) is 6.13. The number of alkyl halides is 1. The van der Waals surface area contributed by atoms with Crippen molar-refractivity contribution in [2.75, 3.05) is 24.6 Å². The first kappa shape index (κ1) is 8.83. The summed E-state index contributed by atoms with van der Waals surface area (Å²) >= 11 is 1.26. The highest BCUT2D eigenvalue weighted by molar-refractivity contribution is 7.09. The summed E-state index contributed by atoms with van der Waals surface area (Å²) in [7, 11) is 0. The molecule has 6 heteroatoms. The number of aryl methyl sites for hydroxylation is 1. The zero-order valence-electron chi connectivity index (χ0n) is 7.20. The molecule has 4 nitrogen and oxygen atoms in total. The van der Waals surface area contributed by atoms with Crippen LogP contribution < -0.4 is 4.90 Å². The quantitative estimate of drug-likeness (QED) is 0.754. The molecular weight excluding hydrogens is 193 g/mol. The second-order valence-corrected chi connectivity index (χ2v) is 4.02. The Hall–Kier alpha value is -0.750. The molecule has 0 aliphatic carbocycles. The van der Waals surface area contributed by atoms with Gasteiger partial charge in [0.2, 0.25) is 5.13 Å². The van der Waals surface area contributed by atoms with E-state index in [1.165, 1.54) is 11.5 Å². The molecule has 2 rings (SSSR count). The molecule has 1 aromatic rings. The van der Waals surface area contributed by atoms with Crippen molar-refractivity contribution in [2.24, 2.45) is 0 Å². The second-order valence-electron chi connectivity index (χ2n) is 3.29. The van der Waals surface area contributed by atoms with Gasteiger partial charge in [-0.15, -0.1) is 0 Å². The van der Waals surface area contributed by atoms with Crippen LogP contribution in [0.2, 0.25) is 0 Å².